The maximum atomic E-state index is 12.6. The van der Waals surface area contributed by atoms with Gasteiger partial charge in [-0.3, -0.25) is 15.0 Å². The predicted octanol–water partition coefficient (Wildman–Crippen LogP) is 5.16. The van der Waals surface area contributed by atoms with Crippen molar-refractivity contribution in [2.75, 3.05) is 16.8 Å². The summed E-state index contributed by atoms with van der Waals surface area (Å²) in [4.78, 5) is 29.1. The van der Waals surface area contributed by atoms with Crippen LogP contribution >= 0.6 is 34.9 Å². The van der Waals surface area contributed by atoms with Gasteiger partial charge in [-0.15, -0.1) is 10.2 Å². The van der Waals surface area contributed by atoms with E-state index < -0.39 is 0 Å². The highest BCUT2D eigenvalue weighted by molar-refractivity contribution is 8.26. The van der Waals surface area contributed by atoms with E-state index >= 15 is 0 Å². The number of carbonyl (C=O) groups excluding carboxylic acids is 2. The van der Waals surface area contributed by atoms with Crippen LogP contribution < -0.4 is 11.1 Å². The molecular formula is C30H32N8O2S3. The Kier molecular flexibility index (Phi) is 9.95. The molecule has 0 unspecified atom stereocenters. The van der Waals surface area contributed by atoms with Crippen molar-refractivity contribution in [1.29, 1.82) is 5.41 Å². The third-order valence-corrected chi connectivity index (χ3v) is 9.40. The monoisotopic (exact) mass is 632 g/mol. The molecule has 43 heavy (non-hydrogen) atoms. The zero-order valence-electron chi connectivity index (χ0n) is 23.9. The summed E-state index contributed by atoms with van der Waals surface area (Å²) in [6.45, 7) is 0. The molecule has 3 aromatic heterocycles. The van der Waals surface area contributed by atoms with Gasteiger partial charge in [0.15, 0.2) is 5.17 Å². The van der Waals surface area contributed by atoms with Gasteiger partial charge in [-0.05, 0) is 46.5 Å². The van der Waals surface area contributed by atoms with Crippen LogP contribution in [0.15, 0.2) is 65.9 Å². The molecule has 13 heteroatoms. The fraction of sp³-hybridized carbons (Fsp3) is 0.267. The number of hydrogen-bond acceptors (Lipinski definition) is 8. The number of nitrogens with zero attached hydrogens (tertiary/aromatic N) is 5. The lowest BCUT2D eigenvalue weighted by molar-refractivity contribution is -0.117. The van der Waals surface area contributed by atoms with Crippen LogP contribution in [0.5, 0.6) is 0 Å². The minimum absolute atomic E-state index is 0.0872. The van der Waals surface area contributed by atoms with Crippen molar-refractivity contribution in [1.82, 2.24) is 19.3 Å². The fourth-order valence-corrected chi connectivity index (χ4v) is 7.33. The summed E-state index contributed by atoms with van der Waals surface area (Å²) >= 11 is 4.10. The average molecular weight is 633 g/mol. The maximum absolute atomic E-state index is 12.6. The molecule has 5 aromatic rings. The molecular weight excluding hydrogens is 601 g/mol. The molecule has 0 spiro atoms. The molecule has 0 radical (unpaired) electrons. The molecule has 2 aromatic carbocycles. The van der Waals surface area contributed by atoms with Crippen LogP contribution in [-0.4, -0.2) is 52.9 Å². The molecule has 3 heterocycles. The molecule has 10 nitrogen and oxygen atoms in total. The van der Waals surface area contributed by atoms with Crippen LogP contribution in [-0.2, 0) is 42.9 Å². The normalized spacial score (nSPS) is 11.8. The molecule has 0 saturated carbocycles. The van der Waals surface area contributed by atoms with Crippen molar-refractivity contribution in [2.45, 2.75) is 25.7 Å². The lowest BCUT2D eigenvalue weighted by Crippen LogP contribution is -2.14. The van der Waals surface area contributed by atoms with E-state index in [4.69, 9.17) is 11.1 Å². The zero-order chi connectivity index (χ0) is 30.3. The fourth-order valence-electron chi connectivity index (χ4n) is 4.83. The molecule has 0 fully saturated rings. The summed E-state index contributed by atoms with van der Waals surface area (Å²) in [5, 5.41) is 23.3. The number of fused-ring (bicyclic) bond motifs is 2. The first-order chi connectivity index (χ1) is 20.8. The lowest BCUT2D eigenvalue weighted by atomic mass is 10.1. The molecule has 0 aliphatic heterocycles. The number of rotatable bonds is 11. The number of para-hydroxylation sites is 2. The SMILES string of the molecule is Cn1cc(CC(=O)N=C(N)SC(=N)CCSCCc2nnc(NC(=O)Cc3cn(C)c4ccccc34)s2)c2ccccc21. The Morgan fingerprint density at radius 1 is 0.953 bits per heavy atom. The first-order valence-corrected chi connectivity index (χ1v) is 16.4. The Balaban J connectivity index is 0.995. The summed E-state index contributed by atoms with van der Waals surface area (Å²) in [5.74, 6) is 1.09. The molecule has 0 bridgehead atoms. The van der Waals surface area contributed by atoms with Gasteiger partial charge < -0.3 is 20.2 Å². The number of amidine groups is 1. The summed E-state index contributed by atoms with van der Waals surface area (Å²) < 4.78 is 4.01. The van der Waals surface area contributed by atoms with Gasteiger partial charge >= 0.3 is 0 Å². The third-order valence-electron chi connectivity index (χ3n) is 6.76. The van der Waals surface area contributed by atoms with Gasteiger partial charge in [0.2, 0.25) is 11.0 Å². The average Bonchev–Trinajstić information content (AvgIpc) is 3.64. The minimum Gasteiger partial charge on any atom is -0.378 e. The Labute approximate surface area is 261 Å². The van der Waals surface area contributed by atoms with Gasteiger partial charge in [-0.25, -0.2) is 0 Å². The van der Waals surface area contributed by atoms with Crippen molar-refractivity contribution in [3.8, 4) is 0 Å². The third kappa shape index (κ3) is 7.92. The summed E-state index contributed by atoms with van der Waals surface area (Å²) in [6.07, 6.45) is 5.59. The Bertz CT molecular complexity index is 1820. The molecule has 0 aliphatic carbocycles. The van der Waals surface area contributed by atoms with Crippen molar-refractivity contribution >= 4 is 83.8 Å². The van der Waals surface area contributed by atoms with Crippen LogP contribution in [0.3, 0.4) is 0 Å². The van der Waals surface area contributed by atoms with Gasteiger partial charge in [-0.2, -0.15) is 16.8 Å². The minimum atomic E-state index is -0.329. The van der Waals surface area contributed by atoms with E-state index in [-0.39, 0.29) is 29.8 Å². The van der Waals surface area contributed by atoms with Gasteiger partial charge in [0.25, 0.3) is 5.91 Å². The number of carbonyl (C=O) groups is 2. The number of nitrogens with two attached hydrogens (primary N) is 1. The van der Waals surface area contributed by atoms with Gasteiger partial charge in [0.1, 0.15) is 5.01 Å². The van der Waals surface area contributed by atoms with Crippen LogP contribution in [0.25, 0.3) is 21.8 Å². The number of benzene rings is 2. The number of thioether (sulfide) groups is 2. The first kappa shape index (κ1) is 30.5. The number of aliphatic imine (C=N–C) groups is 1. The quantitative estimate of drug-likeness (QED) is 0.104. The number of aryl methyl sites for hydroxylation is 3. The molecule has 5 rings (SSSR count). The second-order valence-electron chi connectivity index (χ2n) is 9.95. The second-order valence-corrected chi connectivity index (χ2v) is 13.4. The van der Waals surface area contributed by atoms with Gasteiger partial charge in [-0.1, -0.05) is 47.7 Å². The number of anilines is 1. The van der Waals surface area contributed by atoms with Crippen molar-refractivity contribution < 1.29 is 9.59 Å². The second kappa shape index (κ2) is 14.0. The molecule has 0 aliphatic rings. The van der Waals surface area contributed by atoms with E-state index in [1.807, 2.05) is 84.2 Å². The van der Waals surface area contributed by atoms with E-state index in [2.05, 4.69) is 20.5 Å². The molecule has 222 valence electrons. The summed E-state index contributed by atoms with van der Waals surface area (Å²) in [5.41, 5.74) is 9.98. The Morgan fingerprint density at radius 3 is 2.26 bits per heavy atom. The van der Waals surface area contributed by atoms with Crippen LogP contribution in [0.4, 0.5) is 5.13 Å². The summed E-state index contributed by atoms with van der Waals surface area (Å²) in [6, 6.07) is 15.9. The predicted molar refractivity (Wildman–Crippen MR) is 179 cm³/mol. The van der Waals surface area contributed by atoms with Crippen LogP contribution in [0, 0.1) is 5.41 Å². The highest BCUT2D eigenvalue weighted by Gasteiger charge is 2.14. The van der Waals surface area contributed by atoms with Crippen molar-refractivity contribution in [3.63, 3.8) is 0 Å². The highest BCUT2D eigenvalue weighted by Crippen LogP contribution is 2.23. The van der Waals surface area contributed by atoms with Crippen molar-refractivity contribution in [2.24, 2.45) is 24.8 Å². The molecule has 2 amide bonds. The van der Waals surface area contributed by atoms with E-state index in [1.54, 1.807) is 11.8 Å². The topological polar surface area (TPSA) is 144 Å². The lowest BCUT2D eigenvalue weighted by Gasteiger charge is -2.03. The number of nitrogens with one attached hydrogen (secondary N) is 2. The molecule has 0 saturated heterocycles. The van der Waals surface area contributed by atoms with E-state index in [0.717, 1.165) is 61.2 Å². The van der Waals surface area contributed by atoms with Crippen molar-refractivity contribution in [3.05, 3.63) is 77.1 Å². The van der Waals surface area contributed by atoms with E-state index in [9.17, 15) is 9.59 Å². The maximum Gasteiger partial charge on any atom is 0.252 e. The van der Waals surface area contributed by atoms with Crippen LogP contribution in [0.2, 0.25) is 0 Å². The number of hydrogen-bond donors (Lipinski definition) is 3. The molecule has 0 atom stereocenters. The largest absolute Gasteiger partial charge is 0.378 e. The van der Waals surface area contributed by atoms with E-state index in [1.165, 1.54) is 11.3 Å². The van der Waals surface area contributed by atoms with Gasteiger partial charge in [0, 0.05) is 61.1 Å². The molecule has 4 N–H and O–H groups in total. The summed E-state index contributed by atoms with van der Waals surface area (Å²) in [7, 11) is 3.92. The van der Waals surface area contributed by atoms with Gasteiger partial charge in [0.05, 0.1) is 17.9 Å². The highest BCUT2D eigenvalue weighted by atomic mass is 32.2. The Morgan fingerprint density at radius 2 is 1.58 bits per heavy atom. The zero-order valence-corrected chi connectivity index (χ0v) is 26.3. The first-order valence-electron chi connectivity index (χ1n) is 13.6. The Hall–Kier alpha value is -3.94. The standard InChI is InChI=1S/C30H32N8O2S3/c1-37-17-19(21-7-3-5-9-23(21)37)15-26(39)33-29(32)42-25(31)11-13-41-14-12-28-35-36-30(43-28)34-27(40)16-20-18-38(2)24-10-6-4-8-22(20)24/h3-10,17-18,31H,11-16H2,1-2H3,(H2,32,33,39)(H,34,36,40). The van der Waals surface area contributed by atoms with Crippen LogP contribution in [0.1, 0.15) is 22.6 Å². The van der Waals surface area contributed by atoms with E-state index in [0.29, 0.717) is 23.0 Å². The number of amides is 2. The number of aromatic nitrogens is 4. The smallest absolute Gasteiger partial charge is 0.252 e.